The van der Waals surface area contributed by atoms with Crippen LogP contribution in [0.5, 0.6) is 0 Å². The lowest BCUT2D eigenvalue weighted by molar-refractivity contribution is -0.121. The average Bonchev–Trinajstić information content (AvgIpc) is 2.90. The van der Waals surface area contributed by atoms with Crippen molar-refractivity contribution in [2.24, 2.45) is 0 Å². The number of nitrogens with one attached hydrogen (secondary N) is 1. The van der Waals surface area contributed by atoms with Crippen molar-refractivity contribution in [3.8, 4) is 0 Å². The summed E-state index contributed by atoms with van der Waals surface area (Å²) in [6, 6.07) is 6.34. The van der Waals surface area contributed by atoms with Crippen molar-refractivity contribution in [2.75, 3.05) is 6.54 Å². The molecule has 1 aromatic heterocycles. The second kappa shape index (κ2) is 6.99. The molecule has 0 bridgehead atoms. The summed E-state index contributed by atoms with van der Waals surface area (Å²) in [4.78, 5) is 15.7. The maximum Gasteiger partial charge on any atom is 0.220 e. The molecule has 2 rings (SSSR count). The third-order valence-corrected chi connectivity index (χ3v) is 3.51. The van der Waals surface area contributed by atoms with E-state index < -0.39 is 0 Å². The number of hydrogen-bond donors (Lipinski definition) is 1. The van der Waals surface area contributed by atoms with Crippen LogP contribution in [0.1, 0.15) is 17.0 Å². The van der Waals surface area contributed by atoms with E-state index in [2.05, 4.69) is 10.3 Å². The molecule has 3 nitrogen and oxygen atoms in total. The first-order valence-electron chi connectivity index (χ1n) is 6.13. The highest BCUT2D eigenvalue weighted by Crippen LogP contribution is 2.06. The summed E-state index contributed by atoms with van der Waals surface area (Å²) in [6.45, 7) is 0.593. The highest BCUT2D eigenvalue weighted by molar-refractivity contribution is 7.09. The van der Waals surface area contributed by atoms with Crippen LogP contribution in [0.4, 0.5) is 4.39 Å². The fourth-order valence-electron chi connectivity index (χ4n) is 1.72. The summed E-state index contributed by atoms with van der Waals surface area (Å²) >= 11 is 1.58. The van der Waals surface area contributed by atoms with Gasteiger partial charge in [0.1, 0.15) is 5.82 Å². The lowest BCUT2D eigenvalue weighted by Gasteiger charge is -2.04. The van der Waals surface area contributed by atoms with Gasteiger partial charge in [-0.3, -0.25) is 4.79 Å². The fraction of sp³-hybridized carbons (Fsp3) is 0.286. The molecule has 100 valence electrons. The lowest BCUT2D eigenvalue weighted by atomic mass is 10.1. The van der Waals surface area contributed by atoms with E-state index >= 15 is 0 Å². The SMILES string of the molecule is O=C(CCc1cccc(F)c1)NCCc1nccs1. The summed E-state index contributed by atoms with van der Waals surface area (Å²) in [5.74, 6) is -0.275. The van der Waals surface area contributed by atoms with E-state index in [1.54, 1.807) is 23.6 Å². The molecule has 0 aliphatic rings. The van der Waals surface area contributed by atoms with E-state index in [-0.39, 0.29) is 11.7 Å². The number of carbonyl (C=O) groups excluding carboxylic acids is 1. The van der Waals surface area contributed by atoms with Crippen LogP contribution in [0.2, 0.25) is 0 Å². The number of aryl methyl sites for hydroxylation is 1. The van der Waals surface area contributed by atoms with Gasteiger partial charge in [0.25, 0.3) is 0 Å². The molecule has 0 fully saturated rings. The number of amides is 1. The number of aromatic nitrogens is 1. The first-order chi connectivity index (χ1) is 9.24. The van der Waals surface area contributed by atoms with E-state index in [0.717, 1.165) is 17.0 Å². The lowest BCUT2D eigenvalue weighted by Crippen LogP contribution is -2.25. The van der Waals surface area contributed by atoms with Gasteiger partial charge in [-0.2, -0.15) is 0 Å². The quantitative estimate of drug-likeness (QED) is 0.882. The van der Waals surface area contributed by atoms with Crippen LogP contribution in [0.3, 0.4) is 0 Å². The minimum atomic E-state index is -0.262. The molecule has 1 heterocycles. The maximum atomic E-state index is 12.9. The van der Waals surface area contributed by atoms with Crippen molar-refractivity contribution in [3.05, 3.63) is 52.2 Å². The Labute approximate surface area is 115 Å². The number of carbonyl (C=O) groups is 1. The molecular weight excluding hydrogens is 263 g/mol. The van der Waals surface area contributed by atoms with Crippen LogP contribution >= 0.6 is 11.3 Å². The third-order valence-electron chi connectivity index (χ3n) is 2.67. The minimum absolute atomic E-state index is 0.0131. The summed E-state index contributed by atoms with van der Waals surface area (Å²) < 4.78 is 12.9. The van der Waals surface area contributed by atoms with Gasteiger partial charge in [0.15, 0.2) is 0 Å². The smallest absolute Gasteiger partial charge is 0.220 e. The second-order valence-corrected chi connectivity index (χ2v) is 5.13. The Morgan fingerprint density at radius 3 is 3.00 bits per heavy atom. The molecule has 19 heavy (non-hydrogen) atoms. The van der Waals surface area contributed by atoms with E-state index in [1.807, 2.05) is 11.4 Å². The van der Waals surface area contributed by atoms with Gasteiger partial charge in [0.2, 0.25) is 5.91 Å². The van der Waals surface area contributed by atoms with Gasteiger partial charge < -0.3 is 5.32 Å². The first kappa shape index (κ1) is 13.7. The Kier molecular flexibility index (Phi) is 5.03. The summed E-state index contributed by atoms with van der Waals surface area (Å²) in [5, 5.41) is 5.78. The van der Waals surface area contributed by atoms with Gasteiger partial charge in [-0.1, -0.05) is 12.1 Å². The van der Waals surface area contributed by atoms with Crippen molar-refractivity contribution < 1.29 is 9.18 Å². The highest BCUT2D eigenvalue weighted by atomic mass is 32.1. The van der Waals surface area contributed by atoms with Gasteiger partial charge >= 0.3 is 0 Å². The van der Waals surface area contributed by atoms with Crippen molar-refractivity contribution in [1.82, 2.24) is 10.3 Å². The van der Waals surface area contributed by atoms with Crippen molar-refractivity contribution in [3.63, 3.8) is 0 Å². The first-order valence-corrected chi connectivity index (χ1v) is 7.01. The number of halogens is 1. The number of thiazole rings is 1. The van der Waals surface area contributed by atoms with Crippen LogP contribution in [0.25, 0.3) is 0 Å². The second-order valence-electron chi connectivity index (χ2n) is 4.16. The van der Waals surface area contributed by atoms with Gasteiger partial charge in [-0.25, -0.2) is 9.37 Å². The molecule has 0 aliphatic heterocycles. The third kappa shape index (κ3) is 4.79. The molecule has 2 aromatic rings. The highest BCUT2D eigenvalue weighted by Gasteiger charge is 2.03. The molecule has 0 aliphatic carbocycles. The molecule has 0 atom stereocenters. The molecule has 5 heteroatoms. The van der Waals surface area contributed by atoms with Gasteiger partial charge in [0.05, 0.1) is 5.01 Å². The summed E-state index contributed by atoms with van der Waals surface area (Å²) in [5.41, 5.74) is 0.843. The Bertz CT molecular complexity index is 528. The van der Waals surface area contributed by atoms with Crippen molar-refractivity contribution in [2.45, 2.75) is 19.3 Å². The molecule has 0 spiro atoms. The Balaban J connectivity index is 1.67. The molecule has 0 radical (unpaired) electrons. The maximum absolute atomic E-state index is 12.9. The number of benzene rings is 1. The van der Waals surface area contributed by atoms with Gasteiger partial charge in [-0.05, 0) is 24.1 Å². The zero-order valence-electron chi connectivity index (χ0n) is 10.4. The average molecular weight is 278 g/mol. The Morgan fingerprint density at radius 2 is 2.26 bits per heavy atom. The molecule has 1 amide bonds. The van der Waals surface area contributed by atoms with E-state index in [4.69, 9.17) is 0 Å². The number of rotatable bonds is 6. The van der Waals surface area contributed by atoms with E-state index in [9.17, 15) is 9.18 Å². The summed E-state index contributed by atoms with van der Waals surface area (Å²) in [7, 11) is 0. The van der Waals surface area contributed by atoms with Gasteiger partial charge in [-0.15, -0.1) is 11.3 Å². The predicted octanol–water partition coefficient (Wildman–Crippen LogP) is 2.57. The topological polar surface area (TPSA) is 42.0 Å². The number of hydrogen-bond acceptors (Lipinski definition) is 3. The Hall–Kier alpha value is -1.75. The van der Waals surface area contributed by atoms with E-state index in [0.29, 0.717) is 19.4 Å². The zero-order valence-corrected chi connectivity index (χ0v) is 11.3. The Morgan fingerprint density at radius 1 is 1.37 bits per heavy atom. The zero-order chi connectivity index (χ0) is 13.5. The number of nitrogens with zero attached hydrogens (tertiary/aromatic N) is 1. The molecular formula is C14H15FN2OS. The predicted molar refractivity (Wildman–Crippen MR) is 73.5 cm³/mol. The molecule has 0 saturated heterocycles. The molecule has 0 saturated carbocycles. The van der Waals surface area contributed by atoms with Crippen LogP contribution in [0, 0.1) is 5.82 Å². The van der Waals surface area contributed by atoms with Crippen LogP contribution in [-0.4, -0.2) is 17.4 Å². The monoisotopic (exact) mass is 278 g/mol. The largest absolute Gasteiger partial charge is 0.356 e. The standard InChI is InChI=1S/C14H15FN2OS/c15-12-3-1-2-11(10-12)4-5-13(18)16-7-6-14-17-8-9-19-14/h1-3,8-10H,4-7H2,(H,16,18). The fourth-order valence-corrected chi connectivity index (χ4v) is 2.34. The molecule has 1 N–H and O–H groups in total. The van der Waals surface area contributed by atoms with Crippen molar-refractivity contribution >= 4 is 17.2 Å². The van der Waals surface area contributed by atoms with Gasteiger partial charge in [0, 0.05) is 31.0 Å². The summed E-state index contributed by atoms with van der Waals surface area (Å²) in [6.07, 6.45) is 3.44. The van der Waals surface area contributed by atoms with Crippen LogP contribution in [0.15, 0.2) is 35.8 Å². The van der Waals surface area contributed by atoms with Crippen molar-refractivity contribution in [1.29, 1.82) is 0 Å². The normalized spacial score (nSPS) is 10.4. The van der Waals surface area contributed by atoms with E-state index in [1.165, 1.54) is 12.1 Å². The minimum Gasteiger partial charge on any atom is -0.356 e. The van der Waals surface area contributed by atoms with Crippen LogP contribution in [-0.2, 0) is 17.6 Å². The van der Waals surface area contributed by atoms with Crippen LogP contribution < -0.4 is 5.32 Å². The molecule has 0 unspecified atom stereocenters. The molecule has 1 aromatic carbocycles.